The van der Waals surface area contributed by atoms with Gasteiger partial charge in [-0.3, -0.25) is 0 Å². The van der Waals surface area contributed by atoms with Crippen molar-refractivity contribution in [1.82, 2.24) is 0 Å². The maximum atomic E-state index is 13.3. The highest BCUT2D eigenvalue weighted by Crippen LogP contribution is 2.44. The normalized spacial score (nSPS) is 13.8. The van der Waals surface area contributed by atoms with Crippen molar-refractivity contribution >= 4 is 34.9 Å². The van der Waals surface area contributed by atoms with E-state index in [2.05, 4.69) is 4.90 Å². The van der Waals surface area contributed by atoms with Gasteiger partial charge in [0.05, 0.1) is 5.56 Å². The summed E-state index contributed by atoms with van der Waals surface area (Å²) in [5, 5.41) is 0. The summed E-state index contributed by atoms with van der Waals surface area (Å²) in [6.07, 6.45) is -4.42. The minimum absolute atomic E-state index is 0.257. The Labute approximate surface area is 177 Å². The summed E-state index contributed by atoms with van der Waals surface area (Å²) in [5.74, 6) is 0.257. The number of halogens is 3. The Morgan fingerprint density at radius 2 is 1.45 bits per heavy atom. The minimum atomic E-state index is -4.42. The maximum absolute atomic E-state index is 13.3. The Balaban J connectivity index is 1.63. The number of hydrogen-bond acceptors (Lipinski definition) is 2. The second-order valence-corrected chi connectivity index (χ2v) is 7.67. The largest absolute Gasteiger partial charge is 0.551 e. The van der Waals surface area contributed by atoms with Crippen molar-refractivity contribution in [1.29, 1.82) is 0 Å². The van der Waals surface area contributed by atoms with E-state index in [9.17, 15) is 13.2 Å². The average Bonchev–Trinajstić information content (AvgIpc) is 2.79. The fraction of sp³-hybridized carbons (Fsp3) is 0.0400. The number of para-hydroxylation sites is 2. The van der Waals surface area contributed by atoms with E-state index >= 15 is 0 Å². The molecule has 0 radical (unpaired) electrons. The molecule has 0 aromatic heterocycles. The predicted molar refractivity (Wildman–Crippen MR) is 117 cm³/mol. The molecule has 2 aliphatic rings. The maximum Gasteiger partial charge on any atom is 0.431 e. The second-order valence-electron chi connectivity index (χ2n) is 7.67. The van der Waals surface area contributed by atoms with E-state index in [1.165, 1.54) is 6.07 Å². The number of nitrogens with zero attached hydrogens (tertiary/aromatic N) is 1. The third kappa shape index (κ3) is 2.68. The molecule has 150 valence electrons. The van der Waals surface area contributed by atoms with Crippen LogP contribution in [-0.2, 0) is 6.18 Å². The Hall–Kier alpha value is -3.67. The van der Waals surface area contributed by atoms with Crippen LogP contribution in [0.3, 0.4) is 0 Å². The first-order valence-corrected chi connectivity index (χ1v) is 9.98. The monoisotopic (exact) mass is 413 g/mol. The van der Waals surface area contributed by atoms with Gasteiger partial charge in [-0.1, -0.05) is 54.6 Å². The van der Waals surface area contributed by atoms with E-state index in [4.69, 9.17) is 4.65 Å². The summed E-state index contributed by atoms with van der Waals surface area (Å²) >= 11 is 0. The van der Waals surface area contributed by atoms with Crippen LogP contribution in [-0.4, -0.2) is 6.92 Å². The molecule has 2 aliphatic heterocycles. The van der Waals surface area contributed by atoms with E-state index < -0.39 is 18.7 Å². The summed E-state index contributed by atoms with van der Waals surface area (Å²) in [5.41, 5.74) is 5.70. The van der Waals surface area contributed by atoms with Gasteiger partial charge >= 0.3 is 13.1 Å². The molecule has 2 heterocycles. The molecule has 4 aromatic carbocycles. The summed E-state index contributed by atoms with van der Waals surface area (Å²) in [6, 6.07) is 27.6. The number of alkyl halides is 3. The quantitative estimate of drug-likeness (QED) is 0.374. The zero-order valence-electron chi connectivity index (χ0n) is 16.2. The van der Waals surface area contributed by atoms with Crippen molar-refractivity contribution in [3.63, 3.8) is 0 Å². The lowest BCUT2D eigenvalue weighted by Gasteiger charge is -2.39. The molecule has 6 rings (SSSR count). The van der Waals surface area contributed by atoms with Crippen molar-refractivity contribution < 1.29 is 17.8 Å². The lowest BCUT2D eigenvalue weighted by atomic mass is 9.49. The summed E-state index contributed by atoms with van der Waals surface area (Å²) in [6.45, 7) is -0.474. The van der Waals surface area contributed by atoms with Crippen LogP contribution >= 0.6 is 0 Å². The number of fused-ring (bicyclic) bond motifs is 4. The smallest absolute Gasteiger partial charge is 0.431 e. The molecule has 4 aromatic rings. The van der Waals surface area contributed by atoms with Crippen LogP contribution in [0.5, 0.6) is 5.75 Å². The van der Waals surface area contributed by atoms with Gasteiger partial charge in [0.15, 0.2) is 0 Å². The second kappa shape index (κ2) is 6.41. The molecule has 0 atom stereocenters. The molecule has 0 N–H and O–H groups in total. The van der Waals surface area contributed by atoms with Gasteiger partial charge < -0.3 is 9.55 Å². The van der Waals surface area contributed by atoms with Gasteiger partial charge in [0.1, 0.15) is 5.75 Å². The lowest BCUT2D eigenvalue weighted by Crippen LogP contribution is -2.56. The first-order valence-electron chi connectivity index (χ1n) is 9.98. The Kier molecular flexibility index (Phi) is 3.75. The van der Waals surface area contributed by atoms with E-state index in [0.29, 0.717) is 5.56 Å². The molecule has 0 amide bonds. The predicted octanol–water partition coefficient (Wildman–Crippen LogP) is 5.65. The van der Waals surface area contributed by atoms with Gasteiger partial charge in [-0.15, -0.1) is 0 Å². The van der Waals surface area contributed by atoms with Gasteiger partial charge in [-0.25, -0.2) is 0 Å². The van der Waals surface area contributed by atoms with E-state index in [-0.39, 0.29) is 5.75 Å². The molecular formula is C25H15BF3NO. The van der Waals surface area contributed by atoms with Gasteiger partial charge in [0, 0.05) is 28.1 Å². The van der Waals surface area contributed by atoms with Gasteiger partial charge in [0.2, 0.25) is 0 Å². The van der Waals surface area contributed by atoms with Crippen LogP contribution < -0.4 is 20.5 Å². The van der Waals surface area contributed by atoms with E-state index in [1.807, 2.05) is 72.8 Å². The zero-order valence-corrected chi connectivity index (χ0v) is 16.2. The van der Waals surface area contributed by atoms with Crippen molar-refractivity contribution in [2.24, 2.45) is 0 Å². The topological polar surface area (TPSA) is 12.5 Å². The van der Waals surface area contributed by atoms with Crippen LogP contribution in [0.4, 0.5) is 30.2 Å². The lowest BCUT2D eigenvalue weighted by molar-refractivity contribution is -0.137. The van der Waals surface area contributed by atoms with E-state index in [1.54, 1.807) is 0 Å². The number of hydrogen-bond donors (Lipinski definition) is 0. The van der Waals surface area contributed by atoms with Crippen molar-refractivity contribution in [3.05, 3.63) is 96.6 Å². The molecule has 0 saturated heterocycles. The standard InChI is InChI=1S/C25H15BF3NO/c27-25(28,29)16-13-14-18-19-9-6-12-22-24(19)26(31-23(18)15-16)20-10-4-5-11-21(20)30(22)17-7-2-1-3-8-17/h1-15H. The van der Waals surface area contributed by atoms with Crippen LogP contribution in [0.1, 0.15) is 5.56 Å². The number of rotatable bonds is 1. The molecule has 0 bridgehead atoms. The first kappa shape index (κ1) is 18.1. The molecule has 0 fully saturated rings. The third-order valence-electron chi connectivity index (χ3n) is 5.90. The highest BCUT2D eigenvalue weighted by molar-refractivity contribution is 6.85. The molecule has 2 nitrogen and oxygen atoms in total. The molecular weight excluding hydrogens is 398 g/mol. The Morgan fingerprint density at radius 3 is 2.26 bits per heavy atom. The molecule has 0 spiro atoms. The molecule has 0 unspecified atom stereocenters. The van der Waals surface area contributed by atoms with Crippen molar-refractivity contribution in [3.8, 4) is 16.9 Å². The van der Waals surface area contributed by atoms with Crippen LogP contribution in [0, 0.1) is 0 Å². The van der Waals surface area contributed by atoms with Crippen molar-refractivity contribution in [2.45, 2.75) is 6.18 Å². The average molecular weight is 413 g/mol. The zero-order chi connectivity index (χ0) is 21.2. The fourth-order valence-corrected chi connectivity index (χ4v) is 4.58. The van der Waals surface area contributed by atoms with Crippen LogP contribution in [0.2, 0.25) is 0 Å². The van der Waals surface area contributed by atoms with E-state index in [0.717, 1.165) is 45.7 Å². The molecule has 0 aliphatic carbocycles. The van der Waals surface area contributed by atoms with Gasteiger partial charge in [-0.05, 0) is 47.4 Å². The minimum Gasteiger partial charge on any atom is -0.551 e. The Bertz CT molecular complexity index is 1320. The van der Waals surface area contributed by atoms with Gasteiger partial charge in [-0.2, -0.15) is 13.2 Å². The number of benzene rings is 4. The van der Waals surface area contributed by atoms with Crippen LogP contribution in [0.25, 0.3) is 11.1 Å². The Morgan fingerprint density at radius 1 is 0.710 bits per heavy atom. The molecule has 0 saturated carbocycles. The number of anilines is 3. The fourth-order valence-electron chi connectivity index (χ4n) is 4.58. The third-order valence-corrected chi connectivity index (χ3v) is 5.90. The summed E-state index contributed by atoms with van der Waals surface area (Å²) < 4.78 is 46.2. The molecule has 6 heteroatoms. The molecule has 31 heavy (non-hydrogen) atoms. The first-order chi connectivity index (χ1) is 15.0. The van der Waals surface area contributed by atoms with Crippen LogP contribution in [0.15, 0.2) is 91.0 Å². The summed E-state index contributed by atoms with van der Waals surface area (Å²) in [4.78, 5) is 2.18. The summed E-state index contributed by atoms with van der Waals surface area (Å²) in [7, 11) is 0. The van der Waals surface area contributed by atoms with Crippen molar-refractivity contribution in [2.75, 3.05) is 4.90 Å². The highest BCUT2D eigenvalue weighted by atomic mass is 19.4. The SMILES string of the molecule is FC(F)(F)c1ccc2c(c1)OB1c3ccccc3N(c3ccccc3)c3cccc-2c31. The highest BCUT2D eigenvalue weighted by Gasteiger charge is 2.42. The van der Waals surface area contributed by atoms with Gasteiger partial charge in [0.25, 0.3) is 0 Å².